The number of benzene rings is 2. The third-order valence-electron chi connectivity index (χ3n) is 4.80. The maximum atomic E-state index is 13.6. The molecule has 154 valence electrons. The number of ether oxygens (including phenoxy) is 1. The Labute approximate surface area is 166 Å². The van der Waals surface area contributed by atoms with Crippen LogP contribution in [0.2, 0.25) is 0 Å². The lowest BCUT2D eigenvalue weighted by Gasteiger charge is -2.32. The largest absolute Gasteiger partial charge is 0.497 e. The van der Waals surface area contributed by atoms with Crippen molar-refractivity contribution >= 4 is 11.6 Å². The fourth-order valence-electron chi connectivity index (χ4n) is 3.17. The van der Waals surface area contributed by atoms with Crippen molar-refractivity contribution in [3.8, 4) is 5.75 Å². The van der Waals surface area contributed by atoms with E-state index in [0.29, 0.717) is 24.2 Å². The molecule has 1 amide bonds. The van der Waals surface area contributed by atoms with E-state index in [-0.39, 0.29) is 17.1 Å². The first kappa shape index (κ1) is 20.9. The monoisotopic (exact) mass is 406 g/mol. The van der Waals surface area contributed by atoms with Crippen molar-refractivity contribution in [3.63, 3.8) is 0 Å². The molecule has 0 saturated heterocycles. The second-order valence-electron chi connectivity index (χ2n) is 6.81. The van der Waals surface area contributed by atoms with Crippen molar-refractivity contribution in [1.82, 2.24) is 5.01 Å². The average molecular weight is 406 g/mol. The van der Waals surface area contributed by atoms with Gasteiger partial charge in [0.05, 0.1) is 19.2 Å². The summed E-state index contributed by atoms with van der Waals surface area (Å²) in [4.78, 5) is 12.5. The van der Waals surface area contributed by atoms with Gasteiger partial charge in [0.2, 0.25) is 5.91 Å². The second-order valence-corrected chi connectivity index (χ2v) is 6.81. The fourth-order valence-corrected chi connectivity index (χ4v) is 3.17. The number of carbonyl (C=O) groups excluding carboxylic acids is 1. The Hall–Kier alpha value is -2.87. The molecule has 1 N–H and O–H groups in total. The summed E-state index contributed by atoms with van der Waals surface area (Å²) in [6.07, 6.45) is -5.14. The number of hydrazone groups is 1. The lowest BCUT2D eigenvalue weighted by Crippen LogP contribution is -2.56. The van der Waals surface area contributed by atoms with Crippen LogP contribution in [0, 0.1) is 0 Å². The zero-order valence-corrected chi connectivity index (χ0v) is 15.8. The van der Waals surface area contributed by atoms with E-state index in [1.54, 1.807) is 12.1 Å². The number of amides is 1. The van der Waals surface area contributed by atoms with Gasteiger partial charge in [-0.1, -0.05) is 30.3 Å². The molecule has 1 unspecified atom stereocenters. The number of alkyl halides is 3. The summed E-state index contributed by atoms with van der Waals surface area (Å²) in [5.74, 6) is -0.337. The predicted molar refractivity (Wildman–Crippen MR) is 101 cm³/mol. The predicted octanol–water partition coefficient (Wildman–Crippen LogP) is 3.91. The van der Waals surface area contributed by atoms with Crippen LogP contribution in [0.25, 0.3) is 0 Å². The Morgan fingerprint density at radius 2 is 1.83 bits per heavy atom. The van der Waals surface area contributed by atoms with E-state index in [1.807, 2.05) is 30.3 Å². The van der Waals surface area contributed by atoms with Crippen LogP contribution >= 0.6 is 0 Å². The van der Waals surface area contributed by atoms with E-state index in [4.69, 9.17) is 4.74 Å². The molecule has 1 atom stereocenters. The van der Waals surface area contributed by atoms with Crippen LogP contribution in [0.3, 0.4) is 0 Å². The van der Waals surface area contributed by atoms with Gasteiger partial charge in [-0.15, -0.1) is 0 Å². The highest BCUT2D eigenvalue weighted by Crippen LogP contribution is 2.41. The molecule has 1 aliphatic heterocycles. The molecule has 0 fully saturated rings. The minimum atomic E-state index is -5.04. The molecule has 1 aliphatic rings. The molecule has 0 saturated carbocycles. The highest BCUT2D eigenvalue weighted by Gasteiger charge is 2.63. The Balaban J connectivity index is 1.77. The Kier molecular flexibility index (Phi) is 5.93. The number of nitrogens with zero attached hydrogens (tertiary/aromatic N) is 2. The SMILES string of the molecule is COc1ccc(C2=NN(C(=O)CCCc3ccccc3)C(O)(C(F)(F)F)C2)cc1. The maximum absolute atomic E-state index is 13.6. The topological polar surface area (TPSA) is 62.1 Å². The van der Waals surface area contributed by atoms with Crippen LogP contribution in [-0.2, 0) is 11.2 Å². The van der Waals surface area contributed by atoms with E-state index in [9.17, 15) is 23.1 Å². The summed E-state index contributed by atoms with van der Waals surface area (Å²) in [5, 5.41) is 14.4. The van der Waals surface area contributed by atoms with Crippen molar-refractivity contribution in [2.75, 3.05) is 7.11 Å². The smallest absolute Gasteiger partial charge is 0.438 e. The number of methoxy groups -OCH3 is 1. The molecular formula is C21H21F3N2O3. The van der Waals surface area contributed by atoms with E-state index >= 15 is 0 Å². The van der Waals surface area contributed by atoms with Crippen LogP contribution in [0.1, 0.15) is 30.4 Å². The van der Waals surface area contributed by atoms with E-state index in [1.165, 1.54) is 19.2 Å². The van der Waals surface area contributed by atoms with Crippen molar-refractivity contribution in [1.29, 1.82) is 0 Å². The quantitative estimate of drug-likeness (QED) is 0.791. The Morgan fingerprint density at radius 1 is 1.17 bits per heavy atom. The average Bonchev–Trinajstić information content (AvgIpc) is 3.08. The fraction of sp³-hybridized carbons (Fsp3) is 0.333. The molecule has 8 heteroatoms. The van der Waals surface area contributed by atoms with Crippen LogP contribution in [-0.4, -0.2) is 40.7 Å². The lowest BCUT2D eigenvalue weighted by molar-refractivity contribution is -0.302. The summed E-state index contributed by atoms with van der Waals surface area (Å²) < 4.78 is 45.9. The molecule has 0 bridgehead atoms. The molecule has 0 spiro atoms. The van der Waals surface area contributed by atoms with Crippen LogP contribution in [0.5, 0.6) is 5.75 Å². The first-order valence-corrected chi connectivity index (χ1v) is 9.12. The van der Waals surface area contributed by atoms with Crippen LogP contribution in [0.15, 0.2) is 59.7 Å². The molecule has 0 radical (unpaired) electrons. The van der Waals surface area contributed by atoms with Crippen LogP contribution in [0.4, 0.5) is 13.2 Å². The van der Waals surface area contributed by atoms with Gasteiger partial charge in [0, 0.05) is 6.42 Å². The summed E-state index contributed by atoms with van der Waals surface area (Å²) in [7, 11) is 1.47. The van der Waals surface area contributed by atoms with Gasteiger partial charge in [0.25, 0.3) is 5.72 Å². The van der Waals surface area contributed by atoms with Gasteiger partial charge in [-0.3, -0.25) is 4.79 Å². The first-order chi connectivity index (χ1) is 13.7. The number of carbonyl (C=O) groups is 1. The lowest BCUT2D eigenvalue weighted by atomic mass is 10.0. The summed E-state index contributed by atoms with van der Waals surface area (Å²) in [6, 6.07) is 15.6. The van der Waals surface area contributed by atoms with Gasteiger partial charge in [-0.2, -0.15) is 23.3 Å². The third-order valence-corrected chi connectivity index (χ3v) is 4.80. The highest BCUT2D eigenvalue weighted by molar-refractivity contribution is 6.03. The van der Waals surface area contributed by atoms with Crippen molar-refractivity contribution in [2.45, 2.75) is 37.6 Å². The molecule has 2 aromatic rings. The van der Waals surface area contributed by atoms with Crippen LogP contribution < -0.4 is 4.74 Å². The Bertz CT molecular complexity index is 882. The molecule has 0 aliphatic carbocycles. The third kappa shape index (κ3) is 4.42. The second kappa shape index (κ2) is 8.24. The summed E-state index contributed by atoms with van der Waals surface area (Å²) in [6.45, 7) is 0. The number of hydrogen-bond acceptors (Lipinski definition) is 4. The van der Waals surface area contributed by atoms with Gasteiger partial charge in [0.15, 0.2) is 0 Å². The summed E-state index contributed by atoms with van der Waals surface area (Å²) >= 11 is 0. The highest BCUT2D eigenvalue weighted by atomic mass is 19.4. The maximum Gasteiger partial charge on any atom is 0.438 e. The molecule has 2 aromatic carbocycles. The normalized spacial score (nSPS) is 19.2. The molecule has 29 heavy (non-hydrogen) atoms. The van der Waals surface area contributed by atoms with Gasteiger partial charge in [-0.25, -0.2) is 0 Å². The van der Waals surface area contributed by atoms with Crippen molar-refractivity contribution in [3.05, 3.63) is 65.7 Å². The van der Waals surface area contributed by atoms with E-state index in [2.05, 4.69) is 5.10 Å². The van der Waals surface area contributed by atoms with E-state index < -0.39 is 24.2 Å². The van der Waals surface area contributed by atoms with Gasteiger partial charge in [-0.05, 0) is 48.2 Å². The minimum Gasteiger partial charge on any atom is -0.497 e. The zero-order chi connectivity index (χ0) is 21.1. The van der Waals surface area contributed by atoms with Crippen molar-refractivity contribution in [2.24, 2.45) is 5.10 Å². The molecule has 0 aromatic heterocycles. The number of hydrogen-bond donors (Lipinski definition) is 1. The number of aryl methyl sites for hydroxylation is 1. The van der Waals surface area contributed by atoms with Crippen molar-refractivity contribution < 1.29 is 27.8 Å². The van der Waals surface area contributed by atoms with Gasteiger partial charge >= 0.3 is 6.18 Å². The number of halogens is 3. The molecule has 1 heterocycles. The number of aliphatic hydroxyl groups is 1. The van der Waals surface area contributed by atoms with Gasteiger partial charge in [0.1, 0.15) is 5.75 Å². The number of rotatable bonds is 6. The first-order valence-electron chi connectivity index (χ1n) is 9.12. The zero-order valence-electron chi connectivity index (χ0n) is 15.8. The minimum absolute atomic E-state index is 0.0103. The van der Waals surface area contributed by atoms with E-state index in [0.717, 1.165) is 5.56 Å². The molecule has 3 rings (SSSR count). The standard InChI is InChI=1S/C21H21F3N2O3/c1-29-17-12-10-16(11-13-17)18-14-20(28,21(22,23)24)26(25-18)19(27)9-5-8-15-6-3-2-4-7-15/h2-4,6-7,10-13,28H,5,8-9,14H2,1H3. The summed E-state index contributed by atoms with van der Waals surface area (Å²) in [5.41, 5.74) is -2.00. The van der Waals surface area contributed by atoms with Gasteiger partial charge < -0.3 is 9.84 Å². The molecule has 5 nitrogen and oxygen atoms in total. The Morgan fingerprint density at radius 3 is 2.41 bits per heavy atom. The molecular weight excluding hydrogens is 385 g/mol.